The molecule has 2 fully saturated rings. The van der Waals surface area contributed by atoms with Crippen LogP contribution in [0.2, 0.25) is 0 Å². The highest BCUT2D eigenvalue weighted by Crippen LogP contribution is 2.35. The molecular weight excluding hydrogens is 394 g/mol. The summed E-state index contributed by atoms with van der Waals surface area (Å²) in [5.74, 6) is 3.14. The van der Waals surface area contributed by atoms with Gasteiger partial charge in [-0.2, -0.15) is 0 Å². The predicted molar refractivity (Wildman–Crippen MR) is 139 cm³/mol. The molecule has 0 spiro atoms. The number of rotatable bonds is 12. The van der Waals surface area contributed by atoms with Gasteiger partial charge in [0.05, 0.1) is 0 Å². The maximum Gasteiger partial charge on any atom is 0.189 e. The first-order valence-electron chi connectivity index (χ1n) is 13.6. The van der Waals surface area contributed by atoms with E-state index in [4.69, 9.17) is 5.41 Å². The second-order valence-electron chi connectivity index (χ2n) is 12.4. The van der Waals surface area contributed by atoms with Crippen LogP contribution in [0.5, 0.6) is 0 Å². The summed E-state index contributed by atoms with van der Waals surface area (Å²) < 4.78 is 0. The molecule has 1 atom stereocenters. The van der Waals surface area contributed by atoms with Gasteiger partial charge in [0, 0.05) is 37.9 Å². The Morgan fingerprint density at radius 2 is 1.78 bits per heavy atom. The summed E-state index contributed by atoms with van der Waals surface area (Å²) in [6, 6.07) is 0.455. The van der Waals surface area contributed by atoms with Gasteiger partial charge in [0.15, 0.2) is 5.96 Å². The molecule has 5 heteroatoms. The molecule has 0 amide bonds. The van der Waals surface area contributed by atoms with Crippen molar-refractivity contribution in [3.05, 3.63) is 0 Å². The quantitative estimate of drug-likeness (QED) is 0.232. The largest absolute Gasteiger partial charge is 0.354 e. The fraction of sp³-hybridized carbons (Fsp3) is 0.963. The summed E-state index contributed by atoms with van der Waals surface area (Å²) in [6.07, 6.45) is 11.7. The molecular formula is C27H55N5. The van der Waals surface area contributed by atoms with E-state index in [1.54, 1.807) is 0 Å². The topological polar surface area (TPSA) is 63.2 Å². The van der Waals surface area contributed by atoms with Crippen LogP contribution in [0, 0.1) is 28.6 Å². The Kier molecular flexibility index (Phi) is 10.8. The summed E-state index contributed by atoms with van der Waals surface area (Å²) in [5, 5.41) is 19.1. The van der Waals surface area contributed by atoms with Crippen molar-refractivity contribution >= 4 is 5.96 Å². The number of hydrogen-bond donors (Lipinski definition) is 4. The van der Waals surface area contributed by atoms with E-state index in [9.17, 15) is 0 Å². The second-order valence-corrected chi connectivity index (χ2v) is 12.4. The predicted octanol–water partition coefficient (Wildman–Crippen LogP) is 5.57. The SMILES string of the molecule is CCC(CCC(C)C)CC1CCC(NC(=N)NC(C)(C)C(C)(C)CCN2CCNC2)CC1. The third-order valence-corrected chi connectivity index (χ3v) is 8.71. The molecule has 1 saturated heterocycles. The van der Waals surface area contributed by atoms with Crippen LogP contribution in [0.3, 0.4) is 0 Å². The summed E-state index contributed by atoms with van der Waals surface area (Å²) >= 11 is 0. The van der Waals surface area contributed by atoms with Crippen LogP contribution >= 0.6 is 0 Å². The lowest BCUT2D eigenvalue weighted by Gasteiger charge is -2.44. The first-order chi connectivity index (χ1) is 15.0. The van der Waals surface area contributed by atoms with Gasteiger partial charge in [-0.15, -0.1) is 0 Å². The number of guanidine groups is 1. The molecule has 2 rings (SSSR count). The Balaban J connectivity index is 1.72. The Labute approximate surface area is 199 Å². The fourth-order valence-corrected chi connectivity index (χ4v) is 5.29. The lowest BCUT2D eigenvalue weighted by molar-refractivity contribution is 0.139. The van der Waals surface area contributed by atoms with Crippen molar-refractivity contribution in [1.29, 1.82) is 5.41 Å². The molecule has 0 radical (unpaired) electrons. The van der Waals surface area contributed by atoms with Gasteiger partial charge in [-0.25, -0.2) is 0 Å². The standard InChI is InChI=1S/C27H55N5/c1-8-22(10-9-21(2)3)19-23-11-13-24(14-12-23)30-25(28)31-27(6,7)26(4,5)15-17-32-18-16-29-20-32/h21-24,29H,8-20H2,1-7H3,(H3,28,30,31). The second kappa shape index (κ2) is 12.6. The maximum atomic E-state index is 8.60. The van der Waals surface area contributed by atoms with Crippen molar-refractivity contribution in [3.8, 4) is 0 Å². The lowest BCUT2D eigenvalue weighted by atomic mass is 9.72. The van der Waals surface area contributed by atoms with Gasteiger partial charge in [0.2, 0.25) is 0 Å². The van der Waals surface area contributed by atoms with Gasteiger partial charge < -0.3 is 16.0 Å². The minimum atomic E-state index is -0.133. The number of hydrogen-bond acceptors (Lipinski definition) is 3. The van der Waals surface area contributed by atoms with Crippen molar-refractivity contribution in [3.63, 3.8) is 0 Å². The molecule has 0 aromatic rings. The Hall–Kier alpha value is -0.810. The average molecular weight is 450 g/mol. The van der Waals surface area contributed by atoms with E-state index in [2.05, 4.69) is 69.3 Å². The van der Waals surface area contributed by atoms with Gasteiger partial charge in [0.25, 0.3) is 0 Å². The van der Waals surface area contributed by atoms with E-state index in [-0.39, 0.29) is 11.0 Å². The molecule has 0 bridgehead atoms. The minimum Gasteiger partial charge on any atom is -0.354 e. The van der Waals surface area contributed by atoms with Crippen LogP contribution in [0.4, 0.5) is 0 Å². The van der Waals surface area contributed by atoms with Crippen molar-refractivity contribution in [2.75, 3.05) is 26.3 Å². The molecule has 1 aliphatic carbocycles. The zero-order valence-corrected chi connectivity index (χ0v) is 22.4. The maximum absolute atomic E-state index is 8.60. The van der Waals surface area contributed by atoms with E-state index < -0.39 is 0 Å². The highest BCUT2D eigenvalue weighted by Gasteiger charge is 2.38. The first-order valence-corrected chi connectivity index (χ1v) is 13.6. The monoisotopic (exact) mass is 449 g/mol. The molecule has 5 nitrogen and oxygen atoms in total. The van der Waals surface area contributed by atoms with E-state index >= 15 is 0 Å². The van der Waals surface area contributed by atoms with Crippen LogP contribution in [0.25, 0.3) is 0 Å². The fourth-order valence-electron chi connectivity index (χ4n) is 5.29. The van der Waals surface area contributed by atoms with Crippen LogP contribution in [-0.4, -0.2) is 48.7 Å². The van der Waals surface area contributed by atoms with E-state index in [1.165, 1.54) is 51.4 Å². The summed E-state index contributed by atoms with van der Waals surface area (Å²) in [6.45, 7) is 20.6. The summed E-state index contributed by atoms with van der Waals surface area (Å²) in [4.78, 5) is 2.49. The molecule has 1 unspecified atom stereocenters. The third-order valence-electron chi connectivity index (χ3n) is 8.71. The van der Waals surface area contributed by atoms with E-state index in [1.807, 2.05) is 0 Å². The van der Waals surface area contributed by atoms with Crippen molar-refractivity contribution in [2.45, 2.75) is 118 Å². The molecule has 1 saturated carbocycles. The Bertz CT molecular complexity index is 542. The minimum absolute atomic E-state index is 0.104. The van der Waals surface area contributed by atoms with Gasteiger partial charge >= 0.3 is 0 Å². The van der Waals surface area contributed by atoms with Crippen LogP contribution in [0.1, 0.15) is 106 Å². The normalized spacial score (nSPS) is 24.0. The van der Waals surface area contributed by atoms with Crippen LogP contribution in [-0.2, 0) is 0 Å². The molecule has 2 aliphatic rings. The van der Waals surface area contributed by atoms with E-state index in [0.717, 1.165) is 50.5 Å². The third kappa shape index (κ3) is 8.85. The van der Waals surface area contributed by atoms with Crippen molar-refractivity contribution in [1.82, 2.24) is 20.9 Å². The lowest BCUT2D eigenvalue weighted by Crippen LogP contribution is -2.58. The summed E-state index contributed by atoms with van der Waals surface area (Å²) in [7, 11) is 0. The highest BCUT2D eigenvalue weighted by molar-refractivity contribution is 5.77. The zero-order chi connectivity index (χ0) is 23.8. The van der Waals surface area contributed by atoms with Gasteiger partial charge in [-0.1, -0.05) is 53.9 Å². The smallest absolute Gasteiger partial charge is 0.189 e. The molecule has 0 aromatic carbocycles. The molecule has 4 N–H and O–H groups in total. The van der Waals surface area contributed by atoms with Gasteiger partial charge in [0.1, 0.15) is 0 Å². The number of nitrogens with one attached hydrogen (secondary N) is 4. The molecule has 0 aromatic heterocycles. The molecule has 1 aliphatic heterocycles. The Morgan fingerprint density at radius 1 is 1.09 bits per heavy atom. The van der Waals surface area contributed by atoms with E-state index in [0.29, 0.717) is 12.0 Å². The highest BCUT2D eigenvalue weighted by atomic mass is 15.3. The first kappa shape index (κ1) is 27.4. The zero-order valence-electron chi connectivity index (χ0n) is 22.4. The van der Waals surface area contributed by atoms with Crippen LogP contribution < -0.4 is 16.0 Å². The molecule has 32 heavy (non-hydrogen) atoms. The van der Waals surface area contributed by atoms with Crippen LogP contribution in [0.15, 0.2) is 0 Å². The van der Waals surface area contributed by atoms with Gasteiger partial charge in [-0.3, -0.25) is 10.3 Å². The average Bonchev–Trinajstić information content (AvgIpc) is 3.24. The molecule has 1 heterocycles. The number of nitrogens with zero attached hydrogens (tertiary/aromatic N) is 1. The Morgan fingerprint density at radius 3 is 2.34 bits per heavy atom. The van der Waals surface area contributed by atoms with Crippen molar-refractivity contribution in [2.24, 2.45) is 23.2 Å². The molecule has 188 valence electrons. The van der Waals surface area contributed by atoms with Gasteiger partial charge in [-0.05, 0) is 75.5 Å². The summed E-state index contributed by atoms with van der Waals surface area (Å²) in [5.41, 5.74) is -0.0292. The van der Waals surface area contributed by atoms with Crippen molar-refractivity contribution < 1.29 is 0 Å².